The van der Waals surface area contributed by atoms with Gasteiger partial charge in [0.2, 0.25) is 5.96 Å². The molecule has 2 amide bonds. The van der Waals surface area contributed by atoms with Crippen LogP contribution in [0.15, 0.2) is 71.7 Å². The van der Waals surface area contributed by atoms with E-state index in [0.29, 0.717) is 22.9 Å². The Bertz CT molecular complexity index is 1300. The van der Waals surface area contributed by atoms with E-state index in [4.69, 9.17) is 11.6 Å². The number of guanidine groups is 1. The van der Waals surface area contributed by atoms with Crippen LogP contribution >= 0.6 is 11.6 Å². The lowest BCUT2D eigenvalue weighted by Gasteiger charge is -2.42. The number of anilines is 1. The average molecular weight is 509 g/mol. The maximum Gasteiger partial charge on any atom is 0.322 e. The number of nitrogens with one attached hydrogen (secondary N) is 2. The number of rotatable bonds is 3. The van der Waals surface area contributed by atoms with Crippen molar-refractivity contribution in [3.8, 4) is 6.19 Å². The van der Waals surface area contributed by atoms with E-state index in [1.807, 2.05) is 37.4 Å². The van der Waals surface area contributed by atoms with E-state index >= 15 is 0 Å². The van der Waals surface area contributed by atoms with Gasteiger partial charge in [-0.15, -0.1) is 0 Å². The van der Waals surface area contributed by atoms with Crippen LogP contribution in [0.5, 0.6) is 0 Å². The van der Waals surface area contributed by atoms with E-state index in [9.17, 15) is 18.8 Å². The fourth-order valence-corrected chi connectivity index (χ4v) is 4.16. The van der Waals surface area contributed by atoms with Crippen LogP contribution in [0.25, 0.3) is 0 Å². The molecule has 36 heavy (non-hydrogen) atoms. The van der Waals surface area contributed by atoms with Gasteiger partial charge in [-0.3, -0.25) is 5.32 Å². The predicted octanol–water partition coefficient (Wildman–Crippen LogP) is 5.58. The number of urea groups is 1. The Labute approximate surface area is 212 Å². The number of nitrogens with zero attached hydrogens (tertiary/aromatic N) is 4. The number of amides is 2. The second-order valence-corrected chi connectivity index (χ2v) is 8.69. The van der Waals surface area contributed by atoms with Crippen molar-refractivity contribution in [2.24, 2.45) is 4.99 Å². The first-order valence-electron chi connectivity index (χ1n) is 11.2. The third-order valence-electron chi connectivity index (χ3n) is 5.82. The van der Waals surface area contributed by atoms with E-state index in [0.717, 1.165) is 11.6 Å². The lowest BCUT2D eigenvalue weighted by molar-refractivity contribution is 0.135. The lowest BCUT2D eigenvalue weighted by atomic mass is 10.0. The molecule has 0 spiro atoms. The first kappa shape index (κ1) is 24.9. The molecule has 0 saturated carbocycles. The Balaban J connectivity index is 1.66. The van der Waals surface area contributed by atoms with Crippen molar-refractivity contribution in [2.45, 2.75) is 13.0 Å². The van der Waals surface area contributed by atoms with Crippen LogP contribution in [0.2, 0.25) is 5.02 Å². The predicted molar refractivity (Wildman–Crippen MR) is 135 cm³/mol. The fraction of sp³-hybridized carbons (Fsp3) is 0.192. The summed E-state index contributed by atoms with van der Waals surface area (Å²) in [6.45, 7) is 2.60. The molecule has 1 fully saturated rings. The number of hydrogen-bond donors (Lipinski definition) is 2. The summed E-state index contributed by atoms with van der Waals surface area (Å²) >= 11 is 5.93. The minimum Gasteiger partial charge on any atom is -0.338 e. The lowest BCUT2D eigenvalue weighted by Crippen LogP contribution is -2.55. The summed E-state index contributed by atoms with van der Waals surface area (Å²) in [4.78, 5) is 21.1. The van der Waals surface area contributed by atoms with E-state index in [1.54, 1.807) is 29.2 Å². The highest BCUT2D eigenvalue weighted by Gasteiger charge is 2.34. The minimum absolute atomic E-state index is 0.149. The molecule has 1 saturated heterocycles. The highest BCUT2D eigenvalue weighted by atomic mass is 35.5. The van der Waals surface area contributed by atoms with Gasteiger partial charge in [-0.25, -0.2) is 18.6 Å². The van der Waals surface area contributed by atoms with E-state index in [-0.39, 0.29) is 24.6 Å². The van der Waals surface area contributed by atoms with Crippen LogP contribution in [-0.2, 0) is 0 Å². The van der Waals surface area contributed by atoms with Gasteiger partial charge in [-0.2, -0.15) is 5.26 Å². The standard InChI is InChI=1S/C26H23ClF2N6O/c1-17-4-2-3-5-23(17)33-25(31-16-30)34-10-11-35(26(36)32-22-8-6-19(27)7-9-22)24(15-34)18-12-20(28)14-21(29)13-18/h2-9,12-14,24H,10-11,15H2,1H3,(H,31,33)(H,32,36). The number of halogens is 3. The number of para-hydroxylation sites is 1. The van der Waals surface area contributed by atoms with E-state index in [1.165, 1.54) is 17.0 Å². The van der Waals surface area contributed by atoms with Gasteiger partial charge >= 0.3 is 6.03 Å². The van der Waals surface area contributed by atoms with Crippen molar-refractivity contribution in [3.05, 3.63) is 94.5 Å². The molecule has 0 aromatic heterocycles. The molecular weight excluding hydrogens is 486 g/mol. The number of carbonyl (C=O) groups excluding carboxylic acids is 1. The quantitative estimate of drug-likeness (QED) is 0.209. The second kappa shape index (κ2) is 11.1. The van der Waals surface area contributed by atoms with Gasteiger partial charge in [0.1, 0.15) is 11.6 Å². The Kier molecular flexibility index (Phi) is 7.66. The van der Waals surface area contributed by atoms with Gasteiger partial charge in [0.25, 0.3) is 0 Å². The molecule has 7 nitrogen and oxygen atoms in total. The molecule has 3 aromatic carbocycles. The number of aliphatic imine (C=N–C) groups is 1. The minimum atomic E-state index is -0.746. The van der Waals surface area contributed by atoms with Crippen LogP contribution in [0.1, 0.15) is 17.2 Å². The molecule has 0 radical (unpaired) electrons. The normalized spacial score (nSPS) is 15.9. The molecule has 2 N–H and O–H groups in total. The summed E-state index contributed by atoms with van der Waals surface area (Å²) in [6, 6.07) is 16.1. The Morgan fingerprint density at radius 1 is 1.08 bits per heavy atom. The molecule has 1 heterocycles. The van der Waals surface area contributed by atoms with Crippen LogP contribution in [0, 0.1) is 30.0 Å². The second-order valence-electron chi connectivity index (χ2n) is 8.25. The zero-order valence-electron chi connectivity index (χ0n) is 19.4. The van der Waals surface area contributed by atoms with Gasteiger partial charge in [-0.1, -0.05) is 29.8 Å². The molecule has 1 unspecified atom stereocenters. The summed E-state index contributed by atoms with van der Waals surface area (Å²) in [6.07, 6.45) is 1.90. The summed E-state index contributed by atoms with van der Waals surface area (Å²) in [5, 5.41) is 15.3. The molecule has 10 heteroatoms. The van der Waals surface area contributed by atoms with Crippen LogP contribution in [0.3, 0.4) is 0 Å². The highest BCUT2D eigenvalue weighted by Crippen LogP contribution is 2.29. The number of carbonyl (C=O) groups is 1. The van der Waals surface area contributed by atoms with Gasteiger partial charge in [0.05, 0.1) is 11.7 Å². The number of hydrogen-bond acceptors (Lipinski definition) is 3. The molecule has 1 aliphatic rings. The molecule has 0 bridgehead atoms. The van der Waals surface area contributed by atoms with Crippen LogP contribution in [-0.4, -0.2) is 41.4 Å². The SMILES string of the molecule is Cc1ccccc1N=C(NC#N)N1CCN(C(=O)Nc2ccc(Cl)cc2)C(c2cc(F)cc(F)c2)C1. The fourth-order valence-electron chi connectivity index (χ4n) is 4.03. The van der Waals surface area contributed by atoms with Crippen molar-refractivity contribution in [1.29, 1.82) is 5.26 Å². The van der Waals surface area contributed by atoms with E-state index < -0.39 is 23.7 Å². The maximum absolute atomic E-state index is 14.1. The van der Waals surface area contributed by atoms with Crippen molar-refractivity contribution < 1.29 is 13.6 Å². The van der Waals surface area contributed by atoms with Crippen molar-refractivity contribution in [3.63, 3.8) is 0 Å². The third-order valence-corrected chi connectivity index (χ3v) is 6.07. The highest BCUT2D eigenvalue weighted by molar-refractivity contribution is 6.30. The van der Waals surface area contributed by atoms with Crippen molar-refractivity contribution >= 4 is 35.0 Å². The number of nitriles is 1. The van der Waals surface area contributed by atoms with Crippen molar-refractivity contribution in [2.75, 3.05) is 25.0 Å². The molecule has 1 atom stereocenters. The molecule has 0 aliphatic carbocycles. The number of piperazine rings is 1. The molecule has 184 valence electrons. The Hall–Kier alpha value is -4.16. The zero-order valence-corrected chi connectivity index (χ0v) is 20.1. The average Bonchev–Trinajstić information content (AvgIpc) is 2.85. The summed E-state index contributed by atoms with van der Waals surface area (Å²) in [5.74, 6) is -1.21. The monoisotopic (exact) mass is 508 g/mol. The first-order valence-corrected chi connectivity index (χ1v) is 11.6. The summed E-state index contributed by atoms with van der Waals surface area (Å²) in [5.41, 5.74) is 2.41. The summed E-state index contributed by atoms with van der Waals surface area (Å²) in [7, 11) is 0. The Morgan fingerprint density at radius 3 is 2.44 bits per heavy atom. The number of aryl methyl sites for hydroxylation is 1. The maximum atomic E-state index is 14.1. The van der Waals surface area contributed by atoms with Crippen LogP contribution in [0.4, 0.5) is 25.0 Å². The topological polar surface area (TPSA) is 83.8 Å². The van der Waals surface area contributed by atoms with Crippen LogP contribution < -0.4 is 10.6 Å². The molecule has 1 aliphatic heterocycles. The first-order chi connectivity index (χ1) is 17.3. The largest absolute Gasteiger partial charge is 0.338 e. The van der Waals surface area contributed by atoms with Gasteiger partial charge in [0.15, 0.2) is 6.19 Å². The number of benzene rings is 3. The smallest absolute Gasteiger partial charge is 0.322 e. The van der Waals surface area contributed by atoms with E-state index in [2.05, 4.69) is 15.6 Å². The molecular formula is C26H23ClF2N6O. The zero-order chi connectivity index (χ0) is 25.7. The van der Waals surface area contributed by atoms with Gasteiger partial charge in [0, 0.05) is 36.4 Å². The Morgan fingerprint density at radius 2 is 1.78 bits per heavy atom. The third kappa shape index (κ3) is 5.90. The molecule has 3 aromatic rings. The molecule has 4 rings (SSSR count). The van der Waals surface area contributed by atoms with Gasteiger partial charge in [-0.05, 0) is 60.5 Å². The summed E-state index contributed by atoms with van der Waals surface area (Å²) < 4.78 is 28.3. The van der Waals surface area contributed by atoms with Crippen molar-refractivity contribution in [1.82, 2.24) is 15.1 Å². The van der Waals surface area contributed by atoms with Gasteiger partial charge < -0.3 is 15.1 Å².